The molecule has 5 heteroatoms. The van der Waals surface area contributed by atoms with Crippen molar-refractivity contribution >= 4 is 34.7 Å². The smallest absolute Gasteiger partial charge is 0.103 e. The second-order valence-electron chi connectivity index (χ2n) is 4.09. The van der Waals surface area contributed by atoms with Gasteiger partial charge in [0.05, 0.1) is 11.4 Å². The molecule has 2 aromatic rings. The number of rotatable bonds is 4. The number of thioether (sulfide) groups is 1. The first-order valence-electron chi connectivity index (χ1n) is 5.66. The van der Waals surface area contributed by atoms with Gasteiger partial charge < -0.3 is 5.73 Å². The number of aromatic nitrogens is 1. The van der Waals surface area contributed by atoms with Crippen LogP contribution in [0.4, 0.5) is 0 Å². The Labute approximate surface area is 121 Å². The molecule has 2 N–H and O–H groups in total. The van der Waals surface area contributed by atoms with Crippen molar-refractivity contribution in [3.8, 4) is 0 Å². The van der Waals surface area contributed by atoms with Crippen LogP contribution < -0.4 is 5.73 Å². The van der Waals surface area contributed by atoms with Crippen molar-refractivity contribution in [1.29, 1.82) is 0 Å². The van der Waals surface area contributed by atoms with Crippen molar-refractivity contribution in [2.45, 2.75) is 30.5 Å². The molecule has 1 heterocycles. The molecule has 96 valence electrons. The molecule has 1 unspecified atom stereocenters. The summed E-state index contributed by atoms with van der Waals surface area (Å²) in [6.07, 6.45) is 0. The number of nitrogens with two attached hydrogens (primary N) is 1. The van der Waals surface area contributed by atoms with Gasteiger partial charge in [-0.05, 0) is 38.1 Å². The van der Waals surface area contributed by atoms with Crippen LogP contribution in [0.5, 0.6) is 0 Å². The molecule has 0 aliphatic heterocycles. The lowest BCUT2D eigenvalue weighted by Crippen LogP contribution is -2.03. The standard InChI is InChI=1S/C13H15ClN2S2/c1-8(15)13-9(2)16-12(18-13)7-17-11-5-3-10(14)4-6-11/h3-6,8H,7,15H2,1-2H3. The van der Waals surface area contributed by atoms with Crippen LogP contribution in [0.25, 0.3) is 0 Å². The summed E-state index contributed by atoms with van der Waals surface area (Å²) < 4.78 is 0. The molecular formula is C13H15ClN2S2. The SMILES string of the molecule is Cc1nc(CSc2ccc(Cl)cc2)sc1C(C)N. The van der Waals surface area contributed by atoms with Gasteiger partial charge in [-0.2, -0.15) is 0 Å². The Morgan fingerprint density at radius 3 is 2.61 bits per heavy atom. The van der Waals surface area contributed by atoms with E-state index in [9.17, 15) is 0 Å². The van der Waals surface area contributed by atoms with E-state index in [4.69, 9.17) is 17.3 Å². The van der Waals surface area contributed by atoms with E-state index in [0.717, 1.165) is 21.5 Å². The Kier molecular flexibility index (Phi) is 4.67. The van der Waals surface area contributed by atoms with Gasteiger partial charge in [-0.3, -0.25) is 0 Å². The van der Waals surface area contributed by atoms with Crippen LogP contribution in [0.1, 0.15) is 28.5 Å². The number of hydrogen-bond donors (Lipinski definition) is 1. The number of hydrogen-bond acceptors (Lipinski definition) is 4. The van der Waals surface area contributed by atoms with E-state index in [2.05, 4.69) is 4.98 Å². The minimum absolute atomic E-state index is 0.0665. The highest BCUT2D eigenvalue weighted by atomic mass is 35.5. The average molecular weight is 299 g/mol. The third-order valence-electron chi connectivity index (χ3n) is 2.47. The van der Waals surface area contributed by atoms with Gasteiger partial charge in [-0.1, -0.05) is 11.6 Å². The Morgan fingerprint density at radius 1 is 1.39 bits per heavy atom. The van der Waals surface area contributed by atoms with Gasteiger partial charge in [0.15, 0.2) is 0 Å². The quantitative estimate of drug-likeness (QED) is 0.849. The number of thiazole rings is 1. The molecule has 0 spiro atoms. The zero-order valence-electron chi connectivity index (χ0n) is 10.3. The summed E-state index contributed by atoms with van der Waals surface area (Å²) in [4.78, 5) is 6.94. The summed E-state index contributed by atoms with van der Waals surface area (Å²) >= 11 is 9.33. The zero-order chi connectivity index (χ0) is 13.1. The van der Waals surface area contributed by atoms with Crippen LogP contribution in [0.2, 0.25) is 5.02 Å². The molecule has 0 bridgehead atoms. The van der Waals surface area contributed by atoms with E-state index in [1.807, 2.05) is 38.1 Å². The molecule has 18 heavy (non-hydrogen) atoms. The van der Waals surface area contributed by atoms with Crippen molar-refractivity contribution < 1.29 is 0 Å². The maximum atomic E-state index is 5.90. The Morgan fingerprint density at radius 2 is 2.06 bits per heavy atom. The van der Waals surface area contributed by atoms with Crippen LogP contribution in [-0.2, 0) is 5.75 Å². The Hall–Kier alpha value is -0.550. The minimum atomic E-state index is 0.0665. The van der Waals surface area contributed by atoms with Crippen molar-refractivity contribution in [2.75, 3.05) is 0 Å². The minimum Gasteiger partial charge on any atom is -0.323 e. The molecule has 0 aliphatic carbocycles. The summed E-state index contributed by atoms with van der Waals surface area (Å²) in [6, 6.07) is 7.94. The van der Waals surface area contributed by atoms with Crippen LogP contribution in [-0.4, -0.2) is 4.98 Å². The number of aryl methyl sites for hydroxylation is 1. The molecule has 2 nitrogen and oxygen atoms in total. The molecule has 0 amide bonds. The first kappa shape index (κ1) is 13.9. The lowest BCUT2D eigenvalue weighted by Gasteiger charge is -2.00. The second-order valence-corrected chi connectivity index (χ2v) is 6.69. The fraction of sp³-hybridized carbons (Fsp3) is 0.308. The van der Waals surface area contributed by atoms with Crippen LogP contribution in [0, 0.1) is 6.92 Å². The van der Waals surface area contributed by atoms with Crippen LogP contribution >= 0.6 is 34.7 Å². The van der Waals surface area contributed by atoms with E-state index in [1.54, 1.807) is 23.1 Å². The normalized spacial score (nSPS) is 12.7. The fourth-order valence-corrected chi connectivity index (χ4v) is 3.66. The van der Waals surface area contributed by atoms with E-state index in [-0.39, 0.29) is 6.04 Å². The largest absolute Gasteiger partial charge is 0.323 e. The molecule has 0 saturated carbocycles. The first-order valence-corrected chi connectivity index (χ1v) is 7.84. The summed E-state index contributed by atoms with van der Waals surface area (Å²) in [6.45, 7) is 4.02. The Balaban J connectivity index is 2.02. The highest BCUT2D eigenvalue weighted by molar-refractivity contribution is 7.98. The third-order valence-corrected chi connectivity index (χ3v) is 5.28. The molecule has 0 saturated heterocycles. The predicted octanol–water partition coefficient (Wildman–Crippen LogP) is 4.42. The molecule has 1 atom stereocenters. The predicted molar refractivity (Wildman–Crippen MR) is 80.5 cm³/mol. The van der Waals surface area contributed by atoms with Crippen molar-refractivity contribution in [3.63, 3.8) is 0 Å². The Bertz CT molecular complexity index is 520. The molecule has 0 radical (unpaired) electrons. The van der Waals surface area contributed by atoms with Crippen LogP contribution in [0.3, 0.4) is 0 Å². The molecule has 0 aliphatic rings. The van der Waals surface area contributed by atoms with Gasteiger partial charge in [-0.15, -0.1) is 23.1 Å². The number of nitrogens with zero attached hydrogens (tertiary/aromatic N) is 1. The zero-order valence-corrected chi connectivity index (χ0v) is 12.7. The highest BCUT2D eigenvalue weighted by Gasteiger charge is 2.11. The van der Waals surface area contributed by atoms with Crippen LogP contribution in [0.15, 0.2) is 29.2 Å². The molecule has 2 rings (SSSR count). The maximum absolute atomic E-state index is 5.90. The van der Waals surface area contributed by atoms with Gasteiger partial charge in [0.25, 0.3) is 0 Å². The summed E-state index contributed by atoms with van der Waals surface area (Å²) in [5, 5.41) is 1.89. The molecule has 1 aromatic heterocycles. The van der Waals surface area contributed by atoms with Gasteiger partial charge in [0.2, 0.25) is 0 Å². The molecule has 1 aromatic carbocycles. The van der Waals surface area contributed by atoms with Gasteiger partial charge in [-0.25, -0.2) is 4.98 Å². The number of benzene rings is 1. The number of halogens is 1. The van der Waals surface area contributed by atoms with E-state index < -0.39 is 0 Å². The monoisotopic (exact) mass is 298 g/mol. The van der Waals surface area contributed by atoms with Gasteiger partial charge in [0, 0.05) is 20.8 Å². The summed E-state index contributed by atoms with van der Waals surface area (Å²) in [5.74, 6) is 0.875. The lowest BCUT2D eigenvalue weighted by molar-refractivity contribution is 0.825. The topological polar surface area (TPSA) is 38.9 Å². The molecular weight excluding hydrogens is 284 g/mol. The maximum Gasteiger partial charge on any atom is 0.103 e. The third kappa shape index (κ3) is 3.48. The van der Waals surface area contributed by atoms with Gasteiger partial charge in [0.1, 0.15) is 5.01 Å². The van der Waals surface area contributed by atoms with Gasteiger partial charge >= 0.3 is 0 Å². The van der Waals surface area contributed by atoms with Crippen molar-refractivity contribution in [3.05, 3.63) is 44.9 Å². The van der Waals surface area contributed by atoms with E-state index >= 15 is 0 Å². The second kappa shape index (κ2) is 6.06. The average Bonchev–Trinajstić information content (AvgIpc) is 2.70. The van der Waals surface area contributed by atoms with Crippen molar-refractivity contribution in [2.24, 2.45) is 5.73 Å². The summed E-state index contributed by atoms with van der Waals surface area (Å²) in [5.41, 5.74) is 6.96. The fourth-order valence-electron chi connectivity index (χ4n) is 1.63. The van der Waals surface area contributed by atoms with E-state index in [0.29, 0.717) is 0 Å². The first-order chi connectivity index (χ1) is 8.56. The molecule has 0 fully saturated rings. The highest BCUT2D eigenvalue weighted by Crippen LogP contribution is 2.29. The summed E-state index contributed by atoms with van der Waals surface area (Å²) in [7, 11) is 0. The van der Waals surface area contributed by atoms with Crippen molar-refractivity contribution in [1.82, 2.24) is 4.98 Å². The lowest BCUT2D eigenvalue weighted by atomic mass is 10.2. The van der Waals surface area contributed by atoms with E-state index in [1.165, 1.54) is 9.77 Å².